The topological polar surface area (TPSA) is 75.7 Å². The predicted molar refractivity (Wildman–Crippen MR) is 166 cm³/mol. The fraction of sp³-hybridized carbons (Fsp3) is 0.457. The van der Waals surface area contributed by atoms with Gasteiger partial charge in [-0.1, -0.05) is 63.6 Å². The minimum Gasteiger partial charge on any atom is -0.446 e. The summed E-state index contributed by atoms with van der Waals surface area (Å²) in [6.07, 6.45) is 3.85. The molecule has 1 fully saturated rings. The van der Waals surface area contributed by atoms with E-state index in [1.165, 1.54) is 16.5 Å². The molecule has 2 aliphatic carbocycles. The Bertz CT molecular complexity index is 1530. The van der Waals surface area contributed by atoms with Crippen molar-refractivity contribution in [3.63, 3.8) is 0 Å². The molecule has 0 radical (unpaired) electrons. The lowest BCUT2D eigenvalue weighted by molar-refractivity contribution is -0.118. The summed E-state index contributed by atoms with van der Waals surface area (Å²) < 4.78 is 20.7. The van der Waals surface area contributed by atoms with Crippen molar-refractivity contribution < 1.29 is 23.5 Å². The molecule has 1 amide bonds. The number of Topliss-reactive ketones (excluding diaryl/α,β-unsaturated/α-hetero) is 2. The monoisotopic (exact) mass is 648 g/mol. The van der Waals surface area contributed by atoms with Crippen LogP contribution in [0.5, 0.6) is 0 Å². The van der Waals surface area contributed by atoms with Crippen LogP contribution in [0.25, 0.3) is 0 Å². The van der Waals surface area contributed by atoms with Gasteiger partial charge in [-0.25, -0.2) is 9.18 Å². The number of nitrogens with zero attached hydrogens (tertiary/aromatic N) is 1. The normalized spacial score (nSPS) is 26.1. The Morgan fingerprint density at radius 2 is 1.74 bits per heavy atom. The molecule has 43 heavy (non-hydrogen) atoms. The molecule has 1 N–H and O–H groups in total. The highest BCUT2D eigenvalue weighted by Gasteiger charge is 2.45. The molecule has 226 valence electrons. The lowest BCUT2D eigenvalue weighted by Gasteiger charge is -2.45. The van der Waals surface area contributed by atoms with Crippen LogP contribution in [0, 0.1) is 17.7 Å². The van der Waals surface area contributed by atoms with Gasteiger partial charge >= 0.3 is 6.09 Å². The van der Waals surface area contributed by atoms with E-state index in [9.17, 15) is 18.8 Å². The van der Waals surface area contributed by atoms with E-state index in [0.29, 0.717) is 47.6 Å². The standard InChI is InChI=1S/C35H38BrFN2O4/c1-20-12-14-23(35(2,3)22-8-5-4-6-9-22)30(16-20)43-34(42)39-18-27-33(29(41)19-39)31(21-13-15-25(37)24(36)17-21)32-26(38-27)10-7-11-28(32)40/h4-6,8-9,13,15,17,20,23,30-31,38H,7,10-12,14,16,18-19H2,1-3H3/t20-,23-,30-,31+/m1/s1. The van der Waals surface area contributed by atoms with Crippen LogP contribution in [0.4, 0.5) is 9.18 Å². The lowest BCUT2D eigenvalue weighted by atomic mass is 9.64. The second kappa shape index (κ2) is 11.7. The number of nitrogens with one attached hydrogen (secondary N) is 1. The number of ether oxygens (including phenoxy) is 1. The molecule has 0 bridgehead atoms. The molecular weight excluding hydrogens is 611 g/mol. The predicted octanol–water partition coefficient (Wildman–Crippen LogP) is 7.34. The molecule has 0 aromatic heterocycles. The van der Waals surface area contributed by atoms with Gasteiger partial charge in [0.05, 0.1) is 17.6 Å². The third-order valence-corrected chi connectivity index (χ3v) is 10.5. The smallest absolute Gasteiger partial charge is 0.410 e. The van der Waals surface area contributed by atoms with Gasteiger partial charge in [0.1, 0.15) is 11.9 Å². The Balaban J connectivity index is 1.28. The number of hydrogen-bond donors (Lipinski definition) is 1. The molecule has 8 heteroatoms. The van der Waals surface area contributed by atoms with Crippen LogP contribution in [-0.2, 0) is 19.7 Å². The number of carbonyl (C=O) groups excluding carboxylic acids is 3. The van der Waals surface area contributed by atoms with Crippen molar-refractivity contribution in [1.82, 2.24) is 10.2 Å². The van der Waals surface area contributed by atoms with Gasteiger partial charge in [-0.3, -0.25) is 14.5 Å². The van der Waals surface area contributed by atoms with Crippen molar-refractivity contribution in [1.29, 1.82) is 0 Å². The first-order valence-corrected chi connectivity index (χ1v) is 16.1. The summed E-state index contributed by atoms with van der Waals surface area (Å²) in [5.74, 6) is -0.677. The summed E-state index contributed by atoms with van der Waals surface area (Å²) >= 11 is 3.27. The summed E-state index contributed by atoms with van der Waals surface area (Å²) in [6.45, 7) is 6.69. The molecule has 4 atom stereocenters. The molecule has 6 nitrogen and oxygen atoms in total. The van der Waals surface area contributed by atoms with Crippen molar-refractivity contribution in [3.05, 3.63) is 92.5 Å². The number of allylic oxidation sites excluding steroid dienone is 2. The van der Waals surface area contributed by atoms with E-state index < -0.39 is 17.8 Å². The van der Waals surface area contributed by atoms with Crippen LogP contribution in [0.3, 0.4) is 0 Å². The van der Waals surface area contributed by atoms with Crippen molar-refractivity contribution >= 4 is 33.6 Å². The average molecular weight is 650 g/mol. The SMILES string of the molecule is C[C@@H]1CC[C@@H](C(C)(C)c2ccccc2)[C@H](OC(=O)N2CC(=O)C3=C(C2)NC2=C(C(=O)CCC2)[C@@H]3c2ccc(F)c(Br)c2)C1. The zero-order valence-corrected chi connectivity index (χ0v) is 26.5. The van der Waals surface area contributed by atoms with Gasteiger partial charge in [0, 0.05) is 40.8 Å². The Morgan fingerprint density at radius 3 is 2.49 bits per heavy atom. The Kier molecular flexibility index (Phi) is 8.09. The Hall–Kier alpha value is -3.26. The van der Waals surface area contributed by atoms with Gasteiger partial charge < -0.3 is 10.1 Å². The molecule has 2 aromatic rings. The summed E-state index contributed by atoms with van der Waals surface area (Å²) in [6, 6.07) is 15.0. The number of ketones is 2. The Labute approximate surface area is 260 Å². The molecule has 2 heterocycles. The molecule has 2 aliphatic heterocycles. The fourth-order valence-corrected chi connectivity index (χ4v) is 7.98. The van der Waals surface area contributed by atoms with Gasteiger partial charge in [-0.2, -0.15) is 0 Å². The van der Waals surface area contributed by atoms with Gasteiger partial charge in [-0.05, 0) is 76.2 Å². The summed E-state index contributed by atoms with van der Waals surface area (Å²) in [7, 11) is 0. The number of hydrogen-bond acceptors (Lipinski definition) is 5. The molecule has 0 saturated heterocycles. The van der Waals surface area contributed by atoms with E-state index >= 15 is 0 Å². The van der Waals surface area contributed by atoms with Crippen molar-refractivity contribution in [2.24, 2.45) is 11.8 Å². The van der Waals surface area contributed by atoms with E-state index in [4.69, 9.17) is 4.74 Å². The van der Waals surface area contributed by atoms with E-state index in [2.05, 4.69) is 54.2 Å². The maximum atomic E-state index is 14.2. The minimum absolute atomic E-state index is 0.00104. The molecule has 1 saturated carbocycles. The summed E-state index contributed by atoms with van der Waals surface area (Å²) in [5, 5.41) is 3.38. The quantitative estimate of drug-likeness (QED) is 0.375. The van der Waals surface area contributed by atoms with E-state index in [0.717, 1.165) is 25.0 Å². The molecule has 0 unspecified atom stereocenters. The van der Waals surface area contributed by atoms with Crippen molar-refractivity contribution in [3.8, 4) is 0 Å². The number of benzene rings is 2. The molecule has 0 spiro atoms. The van der Waals surface area contributed by atoms with E-state index in [1.807, 2.05) is 18.2 Å². The average Bonchev–Trinajstić information content (AvgIpc) is 2.98. The highest BCUT2D eigenvalue weighted by Crippen LogP contribution is 2.46. The van der Waals surface area contributed by atoms with Crippen LogP contribution in [0.1, 0.15) is 76.3 Å². The first-order chi connectivity index (χ1) is 20.5. The van der Waals surface area contributed by atoms with E-state index in [1.54, 1.807) is 12.1 Å². The fourth-order valence-electron chi connectivity index (χ4n) is 7.58. The minimum atomic E-state index is -0.600. The third-order valence-electron chi connectivity index (χ3n) is 9.93. The molecular formula is C35H38BrFN2O4. The van der Waals surface area contributed by atoms with Gasteiger partial charge in [-0.15, -0.1) is 0 Å². The zero-order valence-electron chi connectivity index (χ0n) is 24.9. The van der Waals surface area contributed by atoms with Crippen LogP contribution >= 0.6 is 15.9 Å². The number of rotatable bonds is 4. The number of dihydropyridines is 1. The first kappa shape index (κ1) is 29.8. The van der Waals surface area contributed by atoms with Crippen molar-refractivity contribution in [2.45, 2.75) is 76.7 Å². The third kappa shape index (κ3) is 5.59. The molecule has 4 aliphatic rings. The zero-order chi connectivity index (χ0) is 30.5. The Morgan fingerprint density at radius 1 is 1.00 bits per heavy atom. The second-order valence-corrected chi connectivity index (χ2v) is 14.0. The number of carbonyl (C=O) groups is 3. The van der Waals surface area contributed by atoms with E-state index in [-0.39, 0.29) is 46.6 Å². The lowest BCUT2D eigenvalue weighted by Crippen LogP contribution is -2.50. The summed E-state index contributed by atoms with van der Waals surface area (Å²) in [4.78, 5) is 42.3. The van der Waals surface area contributed by atoms with Gasteiger partial charge in [0.2, 0.25) is 0 Å². The summed E-state index contributed by atoms with van der Waals surface area (Å²) in [5.41, 5.74) is 4.16. The second-order valence-electron chi connectivity index (χ2n) is 13.1. The van der Waals surface area contributed by atoms with Crippen molar-refractivity contribution in [2.75, 3.05) is 13.1 Å². The first-order valence-electron chi connectivity index (χ1n) is 15.3. The molecule has 2 aromatic carbocycles. The van der Waals surface area contributed by atoms with Crippen LogP contribution in [-0.4, -0.2) is 41.8 Å². The van der Waals surface area contributed by atoms with Crippen LogP contribution in [0.15, 0.2) is 75.5 Å². The number of amides is 1. The van der Waals surface area contributed by atoms with Gasteiger partial charge in [0.15, 0.2) is 11.6 Å². The van der Waals surface area contributed by atoms with Gasteiger partial charge in [0.25, 0.3) is 0 Å². The van der Waals surface area contributed by atoms with Crippen LogP contribution in [0.2, 0.25) is 0 Å². The highest BCUT2D eigenvalue weighted by molar-refractivity contribution is 9.10. The van der Waals surface area contributed by atoms with Crippen LogP contribution < -0.4 is 5.32 Å². The highest BCUT2D eigenvalue weighted by atomic mass is 79.9. The molecule has 6 rings (SSSR count). The maximum absolute atomic E-state index is 14.2. The largest absolute Gasteiger partial charge is 0.446 e. The maximum Gasteiger partial charge on any atom is 0.410 e. The number of halogens is 2.